The molecule has 1 unspecified atom stereocenters. The van der Waals surface area contributed by atoms with Crippen molar-refractivity contribution in [3.8, 4) is 16.9 Å². The van der Waals surface area contributed by atoms with Crippen molar-refractivity contribution in [2.45, 2.75) is 13.0 Å². The molecule has 5 N–H and O–H groups in total. The Morgan fingerprint density at radius 3 is 2.70 bits per heavy atom. The van der Waals surface area contributed by atoms with E-state index in [0.717, 1.165) is 11.1 Å². The Balaban J connectivity index is 1.96. The summed E-state index contributed by atoms with van der Waals surface area (Å²) in [6.45, 7) is 8.92. The lowest BCUT2D eigenvalue weighted by Gasteiger charge is -2.28. The van der Waals surface area contributed by atoms with Crippen LogP contribution in [0.2, 0.25) is 5.02 Å². The fourth-order valence-corrected chi connectivity index (χ4v) is 3.78. The molecule has 3 rings (SSSR count). The molecule has 8 nitrogen and oxygen atoms in total. The molecule has 1 aliphatic rings. The number of halogens is 1. The number of aliphatic imine (C=N–C) groups is 2. The summed E-state index contributed by atoms with van der Waals surface area (Å²) in [7, 11) is 0. The number of benzene rings is 2. The molecule has 9 heteroatoms. The Labute approximate surface area is 199 Å². The van der Waals surface area contributed by atoms with Gasteiger partial charge in [-0.15, -0.1) is 0 Å². The molecular formula is C24H30ClN5O3. The van der Waals surface area contributed by atoms with E-state index >= 15 is 0 Å². The van der Waals surface area contributed by atoms with Gasteiger partial charge in [0.05, 0.1) is 19.3 Å². The van der Waals surface area contributed by atoms with Gasteiger partial charge in [-0.2, -0.15) is 0 Å². The third-order valence-electron chi connectivity index (χ3n) is 5.18. The van der Waals surface area contributed by atoms with E-state index in [-0.39, 0.29) is 6.54 Å². The Morgan fingerprint density at radius 1 is 1.30 bits per heavy atom. The highest BCUT2D eigenvalue weighted by Crippen LogP contribution is 2.35. The summed E-state index contributed by atoms with van der Waals surface area (Å²) < 4.78 is 11.6. The molecule has 0 radical (unpaired) electrons. The Kier molecular flexibility index (Phi) is 8.85. The molecule has 0 spiro atoms. The normalized spacial score (nSPS) is 15.9. The number of hydrogen-bond donors (Lipinski definition) is 3. The van der Waals surface area contributed by atoms with E-state index in [1.807, 2.05) is 19.1 Å². The Morgan fingerprint density at radius 2 is 2.06 bits per heavy atom. The van der Waals surface area contributed by atoms with Gasteiger partial charge in [-0.1, -0.05) is 23.7 Å². The van der Waals surface area contributed by atoms with E-state index in [9.17, 15) is 5.11 Å². The largest absolute Gasteiger partial charge is 0.439 e. The molecule has 1 saturated heterocycles. The summed E-state index contributed by atoms with van der Waals surface area (Å²) in [4.78, 5) is 10.7. The van der Waals surface area contributed by atoms with Gasteiger partial charge in [0, 0.05) is 60.2 Å². The second kappa shape index (κ2) is 11.8. The molecule has 0 aromatic heterocycles. The fraction of sp³-hybridized carbons (Fsp3) is 0.333. The van der Waals surface area contributed by atoms with Gasteiger partial charge < -0.3 is 30.9 Å². The highest BCUT2D eigenvalue weighted by atomic mass is 35.5. The number of aliphatic hydroxyl groups is 1. The maximum atomic E-state index is 10.1. The molecule has 0 bridgehead atoms. The lowest BCUT2D eigenvalue weighted by molar-refractivity contribution is 0.0532. The number of morpholine rings is 1. The molecule has 0 saturated carbocycles. The first-order chi connectivity index (χ1) is 16.0. The first-order valence-electron chi connectivity index (χ1n) is 10.8. The van der Waals surface area contributed by atoms with Crippen molar-refractivity contribution in [1.82, 2.24) is 4.90 Å². The van der Waals surface area contributed by atoms with E-state index in [4.69, 9.17) is 32.5 Å². The number of anilines is 1. The summed E-state index contributed by atoms with van der Waals surface area (Å²) in [5.74, 6) is 1.57. The number of ether oxygens (including phenoxy) is 2. The van der Waals surface area contributed by atoms with E-state index in [2.05, 4.69) is 21.6 Å². The van der Waals surface area contributed by atoms with Crippen LogP contribution in [-0.4, -0.2) is 62.0 Å². The number of rotatable bonds is 8. The van der Waals surface area contributed by atoms with Gasteiger partial charge in [0.2, 0.25) is 5.90 Å². The standard InChI is InChI=1S/C24H30ClN5O3/c1-3-29-24(14-23(28-2)30-8-10-32-11-9-30)33-22-13-17(27)5-7-18(22)16-4-6-19(20(25)12-16)21(31)15-26/h4-7,12-14,21,31H,2-3,8-11,15,26-27H2,1H3/b23-14+,29-24+. The van der Waals surface area contributed by atoms with Crippen LogP contribution < -0.4 is 16.2 Å². The summed E-state index contributed by atoms with van der Waals surface area (Å²) >= 11 is 6.42. The molecule has 0 amide bonds. The fourth-order valence-electron chi connectivity index (χ4n) is 3.47. The van der Waals surface area contributed by atoms with Crippen LogP contribution in [0, 0.1) is 0 Å². The minimum atomic E-state index is -0.827. The molecule has 2 aromatic carbocycles. The second-order valence-corrected chi connectivity index (χ2v) is 7.83. The highest BCUT2D eigenvalue weighted by molar-refractivity contribution is 6.31. The van der Waals surface area contributed by atoms with Crippen LogP contribution in [0.5, 0.6) is 5.75 Å². The van der Waals surface area contributed by atoms with Gasteiger partial charge in [0.15, 0.2) is 0 Å². The van der Waals surface area contributed by atoms with Crippen LogP contribution in [0.25, 0.3) is 11.1 Å². The van der Waals surface area contributed by atoms with Gasteiger partial charge in [-0.3, -0.25) is 4.99 Å². The number of nitrogen functional groups attached to an aromatic ring is 1. The zero-order valence-corrected chi connectivity index (χ0v) is 19.5. The molecule has 1 atom stereocenters. The number of nitrogens with zero attached hydrogens (tertiary/aromatic N) is 3. The minimum Gasteiger partial charge on any atom is -0.439 e. The van der Waals surface area contributed by atoms with Gasteiger partial charge in [0.1, 0.15) is 11.6 Å². The number of nitrogens with two attached hydrogens (primary N) is 2. The van der Waals surface area contributed by atoms with Crippen molar-refractivity contribution in [1.29, 1.82) is 0 Å². The lowest BCUT2D eigenvalue weighted by Crippen LogP contribution is -2.35. The zero-order chi connectivity index (χ0) is 23.8. The van der Waals surface area contributed by atoms with Crippen molar-refractivity contribution >= 4 is 29.9 Å². The van der Waals surface area contributed by atoms with Crippen LogP contribution in [0.15, 0.2) is 58.3 Å². The first kappa shape index (κ1) is 24.7. The average Bonchev–Trinajstić information content (AvgIpc) is 2.82. The monoisotopic (exact) mass is 471 g/mol. The predicted octanol–water partition coefficient (Wildman–Crippen LogP) is 3.25. The minimum absolute atomic E-state index is 0.0846. The van der Waals surface area contributed by atoms with E-state index < -0.39 is 6.10 Å². The van der Waals surface area contributed by atoms with Crippen LogP contribution in [0.3, 0.4) is 0 Å². The van der Waals surface area contributed by atoms with Crippen molar-refractivity contribution in [3.63, 3.8) is 0 Å². The third kappa shape index (κ3) is 6.33. The number of aliphatic hydroxyl groups excluding tert-OH is 1. The molecule has 0 aliphatic carbocycles. The molecule has 1 fully saturated rings. The molecule has 2 aromatic rings. The van der Waals surface area contributed by atoms with Gasteiger partial charge in [-0.25, -0.2) is 4.99 Å². The third-order valence-corrected chi connectivity index (χ3v) is 5.50. The SMILES string of the molecule is C=N/C(=C\C(=N/CC)Oc1cc(N)ccc1-c1ccc(C(O)CN)c(Cl)c1)N1CCOCC1. The Hall–Kier alpha value is -2.91. The maximum Gasteiger partial charge on any atom is 0.218 e. The molecule has 176 valence electrons. The lowest BCUT2D eigenvalue weighted by atomic mass is 10.0. The summed E-state index contributed by atoms with van der Waals surface area (Å²) in [5, 5.41) is 10.5. The zero-order valence-electron chi connectivity index (χ0n) is 18.7. The molecular weight excluding hydrogens is 442 g/mol. The quantitative estimate of drug-likeness (QED) is 0.309. The van der Waals surface area contributed by atoms with Gasteiger partial charge in [-0.05, 0) is 37.4 Å². The van der Waals surface area contributed by atoms with Gasteiger partial charge >= 0.3 is 0 Å². The van der Waals surface area contributed by atoms with Crippen molar-refractivity contribution in [2.75, 3.05) is 45.1 Å². The summed E-state index contributed by atoms with van der Waals surface area (Å²) in [5.41, 5.74) is 14.3. The first-order valence-corrected chi connectivity index (χ1v) is 11.2. The van der Waals surface area contributed by atoms with E-state index in [1.54, 1.807) is 30.3 Å². The molecule has 1 aliphatic heterocycles. The van der Waals surface area contributed by atoms with Crippen LogP contribution in [0.1, 0.15) is 18.6 Å². The maximum absolute atomic E-state index is 10.1. The summed E-state index contributed by atoms with van der Waals surface area (Å²) in [6.07, 6.45) is 0.940. The van der Waals surface area contributed by atoms with Crippen LogP contribution in [-0.2, 0) is 4.74 Å². The Bertz CT molecular complexity index is 1030. The van der Waals surface area contributed by atoms with Crippen molar-refractivity contribution in [3.05, 3.63) is 58.9 Å². The van der Waals surface area contributed by atoms with Crippen molar-refractivity contribution in [2.24, 2.45) is 15.7 Å². The van der Waals surface area contributed by atoms with E-state index in [0.29, 0.717) is 66.6 Å². The van der Waals surface area contributed by atoms with Crippen LogP contribution in [0.4, 0.5) is 5.69 Å². The van der Waals surface area contributed by atoms with Crippen LogP contribution >= 0.6 is 11.6 Å². The number of hydrogen-bond acceptors (Lipinski definition) is 8. The topological polar surface area (TPSA) is 119 Å². The van der Waals surface area contributed by atoms with E-state index in [1.165, 1.54) is 0 Å². The van der Waals surface area contributed by atoms with Gasteiger partial charge in [0.25, 0.3) is 0 Å². The summed E-state index contributed by atoms with van der Waals surface area (Å²) in [6, 6.07) is 10.8. The van der Waals surface area contributed by atoms with Crippen molar-refractivity contribution < 1.29 is 14.6 Å². The molecule has 1 heterocycles. The predicted molar refractivity (Wildman–Crippen MR) is 134 cm³/mol. The molecule has 33 heavy (non-hydrogen) atoms. The average molecular weight is 472 g/mol. The second-order valence-electron chi connectivity index (χ2n) is 7.42. The highest BCUT2D eigenvalue weighted by Gasteiger charge is 2.17. The smallest absolute Gasteiger partial charge is 0.218 e.